The molecule has 9 nitrogen and oxygen atoms in total. The van der Waals surface area contributed by atoms with Gasteiger partial charge in [-0.25, -0.2) is 9.78 Å². The number of methoxy groups -OCH3 is 1. The number of halogens is 4. The highest BCUT2D eigenvalue weighted by molar-refractivity contribution is 7.18. The quantitative estimate of drug-likeness (QED) is 0.176. The predicted molar refractivity (Wildman–Crippen MR) is 182 cm³/mol. The Hall–Kier alpha value is -3.52. The average molecular weight is 719 g/mol. The number of hydrogen-bond donors (Lipinski definition) is 0. The van der Waals surface area contributed by atoms with Gasteiger partial charge in [-0.3, -0.25) is 24.0 Å². The summed E-state index contributed by atoms with van der Waals surface area (Å²) in [6.45, 7) is 9.16. The number of fused-ring (bicyclic) bond motifs is 2. The summed E-state index contributed by atoms with van der Waals surface area (Å²) in [4.78, 5) is 38.1. The number of aryl methyl sites for hydroxylation is 2. The van der Waals surface area contributed by atoms with Gasteiger partial charge in [0.25, 0.3) is 5.56 Å². The predicted octanol–water partition coefficient (Wildman–Crippen LogP) is 7.25. The SMILES string of the molecule is COC(=O)c1csc2c(-c3cc(Cl)ccc3OCCn3c(C)nc4c(c3=O)CC(N3CCC(OC(F)(F)F)CC3)CC4(C)C)cc(C)nc12. The van der Waals surface area contributed by atoms with E-state index in [9.17, 15) is 22.8 Å². The van der Waals surface area contributed by atoms with Crippen LogP contribution >= 0.6 is 22.9 Å². The highest BCUT2D eigenvalue weighted by atomic mass is 35.5. The van der Waals surface area contributed by atoms with E-state index in [4.69, 9.17) is 26.1 Å². The van der Waals surface area contributed by atoms with Gasteiger partial charge in [0.15, 0.2) is 0 Å². The number of rotatable bonds is 8. The molecule has 1 aromatic carbocycles. The molecule has 1 atom stereocenters. The molecule has 1 saturated heterocycles. The molecule has 0 amide bonds. The lowest BCUT2D eigenvalue weighted by molar-refractivity contribution is -0.346. The third-order valence-electron chi connectivity index (χ3n) is 9.43. The third-order valence-corrected chi connectivity index (χ3v) is 10.7. The van der Waals surface area contributed by atoms with Gasteiger partial charge in [0.05, 0.1) is 41.2 Å². The first kappa shape index (κ1) is 35.3. The van der Waals surface area contributed by atoms with Gasteiger partial charge < -0.3 is 9.47 Å². The molecule has 262 valence electrons. The number of aromatic nitrogens is 3. The van der Waals surface area contributed by atoms with Crippen LogP contribution in [0, 0.1) is 13.8 Å². The summed E-state index contributed by atoms with van der Waals surface area (Å²) in [5.74, 6) is 0.674. The van der Waals surface area contributed by atoms with Gasteiger partial charge in [-0.2, -0.15) is 0 Å². The summed E-state index contributed by atoms with van der Waals surface area (Å²) >= 11 is 7.83. The van der Waals surface area contributed by atoms with Crippen molar-refractivity contribution >= 4 is 39.1 Å². The molecule has 4 aromatic rings. The molecule has 0 spiro atoms. The van der Waals surface area contributed by atoms with Crippen molar-refractivity contribution < 1.29 is 32.2 Å². The van der Waals surface area contributed by atoms with E-state index < -0.39 is 23.9 Å². The molecule has 6 rings (SSSR count). The fraction of sp³-hybridized carbons (Fsp3) is 0.486. The number of hydrogen-bond acceptors (Lipinski definition) is 9. The van der Waals surface area contributed by atoms with E-state index >= 15 is 0 Å². The molecule has 1 unspecified atom stereocenters. The van der Waals surface area contributed by atoms with Crippen LogP contribution in [-0.4, -0.2) is 70.7 Å². The molecule has 3 aromatic heterocycles. The number of thiophene rings is 1. The molecule has 0 radical (unpaired) electrons. The fourth-order valence-electron chi connectivity index (χ4n) is 7.18. The molecule has 0 bridgehead atoms. The van der Waals surface area contributed by atoms with Crippen LogP contribution in [0.4, 0.5) is 13.2 Å². The Balaban J connectivity index is 1.23. The summed E-state index contributed by atoms with van der Waals surface area (Å²) < 4.78 is 56.3. The number of nitrogens with zero attached hydrogens (tertiary/aromatic N) is 4. The van der Waals surface area contributed by atoms with Crippen LogP contribution in [0.25, 0.3) is 21.3 Å². The van der Waals surface area contributed by atoms with Crippen LogP contribution in [0.3, 0.4) is 0 Å². The Morgan fingerprint density at radius 3 is 2.55 bits per heavy atom. The van der Waals surface area contributed by atoms with E-state index in [2.05, 4.69) is 28.5 Å². The molecular formula is C35H38ClF3N4O5S. The van der Waals surface area contributed by atoms with E-state index in [1.807, 2.05) is 19.9 Å². The van der Waals surface area contributed by atoms with Gasteiger partial charge in [-0.05, 0) is 63.8 Å². The highest BCUT2D eigenvalue weighted by Crippen LogP contribution is 2.41. The number of carbonyl (C=O) groups excluding carboxylic acids is 1. The standard InChI is InChI=1S/C35H38ClF3N4O5S/c1-19-14-25(30-29(40-19)27(18-49-30)33(45)46-5)24-15-21(36)6-7-28(24)47-13-12-43-20(2)41-31-26(32(43)44)16-22(17-34(31,3)4)42-10-8-23(9-11-42)48-35(37,38)39/h6-7,14-15,18,22-23H,8-13,16-17H2,1-5H3. The Morgan fingerprint density at radius 2 is 1.86 bits per heavy atom. The van der Waals surface area contributed by atoms with Gasteiger partial charge in [0.2, 0.25) is 0 Å². The monoisotopic (exact) mass is 718 g/mol. The summed E-state index contributed by atoms with van der Waals surface area (Å²) in [7, 11) is 1.33. The molecule has 0 N–H and O–H groups in total. The lowest BCUT2D eigenvalue weighted by atomic mass is 9.73. The van der Waals surface area contributed by atoms with Crippen LogP contribution in [0.5, 0.6) is 5.75 Å². The van der Waals surface area contributed by atoms with Crippen molar-refractivity contribution in [3.63, 3.8) is 0 Å². The lowest BCUT2D eigenvalue weighted by Crippen LogP contribution is -2.51. The number of pyridine rings is 1. The van der Waals surface area contributed by atoms with Crippen LogP contribution in [0.1, 0.15) is 66.2 Å². The molecule has 2 aliphatic rings. The molecule has 4 heterocycles. The van der Waals surface area contributed by atoms with Crippen molar-refractivity contribution in [3.05, 3.63) is 73.4 Å². The maximum absolute atomic E-state index is 14.0. The van der Waals surface area contributed by atoms with Crippen molar-refractivity contribution in [1.29, 1.82) is 0 Å². The minimum absolute atomic E-state index is 0.00507. The summed E-state index contributed by atoms with van der Waals surface area (Å²) in [6.07, 6.45) is -3.70. The summed E-state index contributed by atoms with van der Waals surface area (Å²) in [6, 6.07) is 7.25. The maximum atomic E-state index is 14.0. The van der Waals surface area contributed by atoms with Gasteiger partial charge >= 0.3 is 12.3 Å². The second kappa shape index (κ2) is 13.7. The summed E-state index contributed by atoms with van der Waals surface area (Å²) in [5.41, 5.74) is 4.07. The van der Waals surface area contributed by atoms with Crippen molar-refractivity contribution in [1.82, 2.24) is 19.4 Å². The largest absolute Gasteiger partial charge is 0.522 e. The minimum atomic E-state index is -4.64. The Bertz CT molecular complexity index is 1950. The van der Waals surface area contributed by atoms with Gasteiger partial charge in [-0.15, -0.1) is 24.5 Å². The Morgan fingerprint density at radius 1 is 1.12 bits per heavy atom. The highest BCUT2D eigenvalue weighted by Gasteiger charge is 2.41. The maximum Gasteiger partial charge on any atom is 0.522 e. The number of benzene rings is 1. The van der Waals surface area contributed by atoms with Crippen LogP contribution in [0.15, 0.2) is 34.4 Å². The topological polar surface area (TPSA) is 95.8 Å². The van der Waals surface area contributed by atoms with Crippen molar-refractivity contribution in [2.24, 2.45) is 0 Å². The van der Waals surface area contributed by atoms with Gasteiger partial charge in [0.1, 0.15) is 18.2 Å². The lowest BCUT2D eigenvalue weighted by Gasteiger charge is -2.44. The smallest absolute Gasteiger partial charge is 0.491 e. The van der Waals surface area contributed by atoms with Crippen LogP contribution in [-0.2, 0) is 27.9 Å². The van der Waals surface area contributed by atoms with E-state index in [1.54, 1.807) is 28.1 Å². The molecule has 1 aliphatic heterocycles. The number of alkyl halides is 3. The van der Waals surface area contributed by atoms with Gasteiger partial charge in [0, 0.05) is 57.3 Å². The zero-order valence-electron chi connectivity index (χ0n) is 27.9. The number of piperidine rings is 1. The molecule has 1 fully saturated rings. The second-order valence-electron chi connectivity index (χ2n) is 13.3. The number of likely N-dealkylation sites (tertiary alicyclic amines) is 1. The van der Waals surface area contributed by atoms with Crippen LogP contribution in [0.2, 0.25) is 5.02 Å². The number of carbonyl (C=O) groups is 1. The van der Waals surface area contributed by atoms with E-state index in [0.717, 1.165) is 27.9 Å². The summed E-state index contributed by atoms with van der Waals surface area (Å²) in [5, 5.41) is 2.24. The number of esters is 1. The second-order valence-corrected chi connectivity index (χ2v) is 14.6. The van der Waals surface area contributed by atoms with Crippen LogP contribution < -0.4 is 10.3 Å². The molecule has 1 aliphatic carbocycles. The average Bonchev–Trinajstić information content (AvgIpc) is 3.46. The fourth-order valence-corrected chi connectivity index (χ4v) is 8.36. The Kier molecular flexibility index (Phi) is 9.84. The van der Waals surface area contributed by atoms with Crippen molar-refractivity contribution in [2.45, 2.75) is 83.8 Å². The minimum Gasteiger partial charge on any atom is -0.491 e. The molecular weight excluding hydrogens is 681 g/mol. The normalized spacial score (nSPS) is 18.4. The molecule has 14 heteroatoms. The van der Waals surface area contributed by atoms with Crippen molar-refractivity contribution in [2.75, 3.05) is 26.8 Å². The third kappa shape index (κ3) is 7.35. The van der Waals surface area contributed by atoms with E-state index in [-0.39, 0.29) is 37.6 Å². The zero-order valence-corrected chi connectivity index (χ0v) is 29.5. The first-order chi connectivity index (χ1) is 23.1. The van der Waals surface area contributed by atoms with E-state index in [0.29, 0.717) is 58.4 Å². The Labute approximate surface area is 291 Å². The van der Waals surface area contributed by atoms with E-state index in [1.165, 1.54) is 18.4 Å². The number of ether oxygens (including phenoxy) is 3. The molecule has 49 heavy (non-hydrogen) atoms. The molecule has 0 saturated carbocycles. The first-order valence-corrected chi connectivity index (χ1v) is 17.4. The van der Waals surface area contributed by atoms with Gasteiger partial charge in [-0.1, -0.05) is 25.4 Å². The first-order valence-electron chi connectivity index (χ1n) is 16.1. The van der Waals surface area contributed by atoms with Crippen molar-refractivity contribution in [3.8, 4) is 16.9 Å². The zero-order chi connectivity index (χ0) is 35.2.